The van der Waals surface area contributed by atoms with E-state index >= 15 is 0 Å². The van der Waals surface area contributed by atoms with Gasteiger partial charge in [-0.2, -0.15) is 0 Å². The minimum Gasteiger partial charge on any atom is -0.481 e. The quantitative estimate of drug-likeness (QED) is 0.0892. The largest absolute Gasteiger partial charge is 0.481 e. The van der Waals surface area contributed by atoms with Crippen LogP contribution in [0.5, 0.6) is 0 Å². The summed E-state index contributed by atoms with van der Waals surface area (Å²) in [5.74, 6) is -0.371. The summed E-state index contributed by atoms with van der Waals surface area (Å²) in [6, 6.07) is 5.96. The van der Waals surface area contributed by atoms with Crippen molar-refractivity contribution in [2.75, 3.05) is 0 Å². The maximum atomic E-state index is 14.5. The Kier molecular flexibility index (Phi) is 14.7. The molecule has 8 nitrogen and oxygen atoms in total. The molecule has 0 aliphatic rings. The molecule has 0 aliphatic carbocycles. The number of aliphatic carboxylic acids is 1. The maximum absolute atomic E-state index is 14.5. The fourth-order valence-corrected chi connectivity index (χ4v) is 8.92. The maximum Gasteiger partial charge on any atom is 0.305 e. The molecule has 1 aromatic carbocycles. The van der Waals surface area contributed by atoms with Gasteiger partial charge in [0.1, 0.15) is 11.6 Å². The lowest BCUT2D eigenvalue weighted by Gasteiger charge is -2.46. The molecule has 0 spiro atoms. The van der Waals surface area contributed by atoms with Gasteiger partial charge >= 0.3 is 5.97 Å². The Morgan fingerprint density at radius 1 is 0.940 bits per heavy atom. The van der Waals surface area contributed by atoms with Crippen molar-refractivity contribution in [2.45, 2.75) is 163 Å². The Labute approximate surface area is 305 Å². The van der Waals surface area contributed by atoms with E-state index in [0.717, 1.165) is 41.7 Å². The number of aliphatic hydroxyl groups is 1. The third-order valence-corrected chi connectivity index (χ3v) is 20.8. The van der Waals surface area contributed by atoms with E-state index in [-0.39, 0.29) is 34.3 Å². The van der Waals surface area contributed by atoms with Crippen molar-refractivity contribution in [1.29, 1.82) is 0 Å². The lowest BCUT2D eigenvalue weighted by Crippen LogP contribution is -2.54. The molecule has 5 atom stereocenters. The second kappa shape index (κ2) is 16.7. The van der Waals surface area contributed by atoms with Crippen LogP contribution < -0.4 is 0 Å². The fraction of sp³-hybridized carbons (Fsp3) is 0.725. The number of unbranched alkanes of at least 4 members (excludes halogenated alkanes) is 1. The molecule has 0 aliphatic heterocycles. The summed E-state index contributed by atoms with van der Waals surface area (Å²) in [4.78, 5) is 31.2. The SMILES string of the molecule is Cc1nc2cc([C@@H](O)CC=CCCC[C@H](C)[C@H](O[Si](C)(C)C(C)(C)C)[C@@H](C)C(=O)C(C)(C)[C@H](CC(=O)O)O[Si](C)(C)C(C)(C)C)ccc2n1C. The van der Waals surface area contributed by atoms with Crippen LogP contribution in [0.3, 0.4) is 0 Å². The zero-order chi connectivity index (χ0) is 38.6. The molecule has 0 saturated carbocycles. The zero-order valence-electron chi connectivity index (χ0n) is 34.2. The van der Waals surface area contributed by atoms with E-state index in [1.165, 1.54) is 0 Å². The highest BCUT2D eigenvalue weighted by Crippen LogP contribution is 2.44. The third kappa shape index (κ3) is 10.9. The van der Waals surface area contributed by atoms with Crippen LogP contribution in [0.15, 0.2) is 30.4 Å². The molecule has 1 heterocycles. The van der Waals surface area contributed by atoms with E-state index in [0.29, 0.717) is 6.42 Å². The molecular weight excluding hydrogens is 661 g/mol. The number of carbonyl (C=O) groups is 2. The first kappa shape index (κ1) is 44.0. The van der Waals surface area contributed by atoms with Crippen LogP contribution in [0.1, 0.15) is 119 Å². The molecule has 0 bridgehead atoms. The first-order chi connectivity index (χ1) is 22.6. The number of imidazole rings is 1. The summed E-state index contributed by atoms with van der Waals surface area (Å²) in [5.41, 5.74) is 1.79. The number of aliphatic hydroxyl groups excluding tert-OH is 1. The molecule has 284 valence electrons. The van der Waals surface area contributed by atoms with Crippen LogP contribution in [0.25, 0.3) is 11.0 Å². The zero-order valence-corrected chi connectivity index (χ0v) is 36.2. The lowest BCUT2D eigenvalue weighted by molar-refractivity contribution is -0.146. The predicted octanol–water partition coefficient (Wildman–Crippen LogP) is 10.2. The Balaban J connectivity index is 2.20. The number of nitrogens with zero attached hydrogens (tertiary/aromatic N) is 2. The van der Waals surface area contributed by atoms with E-state index in [1.807, 2.05) is 63.6 Å². The van der Waals surface area contributed by atoms with Gasteiger partial charge in [0.2, 0.25) is 0 Å². The van der Waals surface area contributed by atoms with E-state index in [1.54, 1.807) is 0 Å². The van der Waals surface area contributed by atoms with Gasteiger partial charge in [-0.15, -0.1) is 0 Å². The molecule has 2 aromatic rings. The molecule has 0 saturated heterocycles. The number of allylic oxidation sites excluding steroid dienone is 1. The van der Waals surface area contributed by atoms with Crippen LogP contribution in [0, 0.1) is 24.2 Å². The highest BCUT2D eigenvalue weighted by Gasteiger charge is 2.49. The van der Waals surface area contributed by atoms with Crippen molar-refractivity contribution in [1.82, 2.24) is 9.55 Å². The summed E-state index contributed by atoms with van der Waals surface area (Å²) in [6.45, 7) is 31.5. The molecule has 1 aromatic heterocycles. The van der Waals surface area contributed by atoms with Gasteiger partial charge in [0, 0.05) is 18.4 Å². The molecule has 0 radical (unpaired) electrons. The van der Waals surface area contributed by atoms with Crippen molar-refractivity contribution in [2.24, 2.45) is 24.3 Å². The number of benzene rings is 1. The van der Waals surface area contributed by atoms with Crippen LogP contribution >= 0.6 is 0 Å². The highest BCUT2D eigenvalue weighted by molar-refractivity contribution is 6.74. The Morgan fingerprint density at radius 3 is 2.04 bits per heavy atom. The number of aryl methyl sites for hydroxylation is 2. The molecule has 2 rings (SSSR count). The topological polar surface area (TPSA) is 111 Å². The molecule has 0 amide bonds. The molecule has 2 N–H and O–H groups in total. The Hall–Kier alpha value is -2.12. The van der Waals surface area contributed by atoms with Gasteiger partial charge < -0.3 is 23.6 Å². The summed E-state index contributed by atoms with van der Waals surface area (Å²) < 4.78 is 15.8. The third-order valence-electron chi connectivity index (χ3n) is 11.8. The van der Waals surface area contributed by atoms with Crippen molar-refractivity contribution in [3.8, 4) is 0 Å². The van der Waals surface area contributed by atoms with Gasteiger partial charge in [0.25, 0.3) is 0 Å². The smallest absolute Gasteiger partial charge is 0.305 e. The summed E-state index contributed by atoms with van der Waals surface area (Å²) >= 11 is 0. The number of carboxylic acids is 1. The number of ketones is 1. The van der Waals surface area contributed by atoms with Crippen LogP contribution in [-0.4, -0.2) is 60.4 Å². The number of Topliss-reactive ketones (excluding diaryl/α,β-unsaturated/α-hetero) is 1. The average molecular weight is 731 g/mol. The van der Waals surface area contributed by atoms with Crippen molar-refractivity contribution >= 4 is 39.4 Å². The monoisotopic (exact) mass is 730 g/mol. The van der Waals surface area contributed by atoms with E-state index < -0.39 is 46.1 Å². The van der Waals surface area contributed by atoms with Crippen LogP contribution in [0.2, 0.25) is 36.3 Å². The van der Waals surface area contributed by atoms with E-state index in [9.17, 15) is 19.8 Å². The van der Waals surface area contributed by atoms with Crippen molar-refractivity contribution in [3.63, 3.8) is 0 Å². The summed E-state index contributed by atoms with van der Waals surface area (Å²) in [5, 5.41) is 20.6. The van der Waals surface area contributed by atoms with Gasteiger partial charge in [-0.25, -0.2) is 4.98 Å². The van der Waals surface area contributed by atoms with Gasteiger partial charge in [-0.3, -0.25) is 9.59 Å². The van der Waals surface area contributed by atoms with Crippen LogP contribution in [0.4, 0.5) is 0 Å². The highest BCUT2D eigenvalue weighted by atomic mass is 28.4. The van der Waals surface area contributed by atoms with Gasteiger partial charge in [0.05, 0.1) is 35.8 Å². The number of fused-ring (bicyclic) bond motifs is 1. The molecule has 0 fully saturated rings. The first-order valence-corrected chi connectivity index (χ1v) is 24.3. The number of hydrogen-bond acceptors (Lipinski definition) is 6. The Morgan fingerprint density at radius 2 is 1.50 bits per heavy atom. The molecule has 10 heteroatoms. The van der Waals surface area contributed by atoms with E-state index in [2.05, 4.69) is 85.7 Å². The Bertz CT molecular complexity index is 1480. The van der Waals surface area contributed by atoms with Gasteiger partial charge in [0.15, 0.2) is 16.6 Å². The number of hydrogen-bond donors (Lipinski definition) is 2. The lowest BCUT2D eigenvalue weighted by atomic mass is 9.73. The second-order valence-electron chi connectivity index (χ2n) is 18.3. The summed E-state index contributed by atoms with van der Waals surface area (Å²) in [6.07, 6.45) is 5.49. The molecular formula is C40H70N2O6Si2. The van der Waals surface area contributed by atoms with Crippen molar-refractivity contribution in [3.05, 3.63) is 41.7 Å². The average Bonchev–Trinajstić information content (AvgIpc) is 3.26. The summed E-state index contributed by atoms with van der Waals surface area (Å²) in [7, 11) is -2.63. The number of rotatable bonds is 18. The first-order valence-electron chi connectivity index (χ1n) is 18.5. The van der Waals surface area contributed by atoms with Crippen molar-refractivity contribution < 1.29 is 28.7 Å². The molecule has 0 unspecified atom stereocenters. The number of carbonyl (C=O) groups excluding carboxylic acids is 1. The predicted molar refractivity (Wildman–Crippen MR) is 212 cm³/mol. The normalized spacial score (nSPS) is 16.8. The minimum absolute atomic E-state index is 0.00838. The molecule has 50 heavy (non-hydrogen) atoms. The van der Waals surface area contributed by atoms with Gasteiger partial charge in [-0.1, -0.05) is 87.5 Å². The number of aromatic nitrogens is 2. The standard InChI is InChI=1S/C40H70N2O6Si2/c1-27(21-19-17-18-20-22-33(43)30-23-24-32-31(25-30)41-29(3)42(32)12)36(48-50(15,16)39(7,8)9)28(2)37(46)40(10,11)34(26-35(44)45)47-49(13,14)38(4,5)6/h18,20,23-25,27-28,33-34,36,43H,17,19,21-22,26H2,1-16H3,(H,44,45)/t27-,28+,33-,34-,36-/m0/s1. The number of carboxylic acid groups (broad SMARTS) is 1. The van der Waals surface area contributed by atoms with E-state index in [4.69, 9.17) is 8.85 Å². The minimum atomic E-state index is -2.37. The fourth-order valence-electron chi connectivity index (χ4n) is 6.00. The van der Waals surface area contributed by atoms with Gasteiger partial charge in [-0.05, 0) is 92.5 Å². The second-order valence-corrected chi connectivity index (χ2v) is 27.8. The van der Waals surface area contributed by atoms with Crippen LogP contribution in [-0.2, 0) is 25.5 Å².